The first-order chi connectivity index (χ1) is 15.7. The molecule has 0 spiro atoms. The summed E-state index contributed by atoms with van der Waals surface area (Å²) in [5, 5.41) is 10.6. The van der Waals surface area contributed by atoms with E-state index in [2.05, 4.69) is 20.3 Å². The lowest BCUT2D eigenvalue weighted by Gasteiger charge is -2.33. The molecule has 33 heavy (non-hydrogen) atoms. The molecule has 1 amide bonds. The minimum absolute atomic E-state index is 0.0403. The number of amides is 1. The SMILES string of the molecule is O=C(COc1ccc(Cl)c(F)c1)N[C@@H]1CC[C@@H](c2nnc(C3CC(OC(F)(F)F)C3)o2)OC1. The van der Waals surface area contributed by atoms with Crippen molar-refractivity contribution in [3.8, 4) is 5.75 Å². The third-order valence-corrected chi connectivity index (χ3v) is 5.68. The molecule has 0 unspecified atom stereocenters. The third kappa shape index (κ3) is 6.33. The summed E-state index contributed by atoms with van der Waals surface area (Å²) >= 11 is 5.60. The highest BCUT2D eigenvalue weighted by Gasteiger charge is 2.42. The van der Waals surface area contributed by atoms with Gasteiger partial charge in [-0.15, -0.1) is 23.4 Å². The number of rotatable bonds is 7. The zero-order valence-electron chi connectivity index (χ0n) is 17.1. The van der Waals surface area contributed by atoms with Crippen molar-refractivity contribution in [1.29, 1.82) is 0 Å². The van der Waals surface area contributed by atoms with Gasteiger partial charge in [-0.2, -0.15) is 0 Å². The van der Waals surface area contributed by atoms with Gasteiger partial charge in [0.15, 0.2) is 6.61 Å². The highest BCUT2D eigenvalue weighted by atomic mass is 35.5. The molecule has 1 saturated heterocycles. The molecule has 1 N–H and O–H groups in total. The molecule has 180 valence electrons. The summed E-state index contributed by atoms with van der Waals surface area (Å²) in [4.78, 5) is 12.1. The second kappa shape index (κ2) is 9.82. The van der Waals surface area contributed by atoms with Crippen molar-refractivity contribution in [1.82, 2.24) is 15.5 Å². The molecular weight excluding hydrogens is 474 g/mol. The number of benzene rings is 1. The summed E-state index contributed by atoms with van der Waals surface area (Å²) < 4.78 is 70.6. The Morgan fingerprint density at radius 3 is 2.64 bits per heavy atom. The van der Waals surface area contributed by atoms with Crippen molar-refractivity contribution in [3.05, 3.63) is 40.8 Å². The number of hydrogen-bond donors (Lipinski definition) is 1. The minimum Gasteiger partial charge on any atom is -0.484 e. The van der Waals surface area contributed by atoms with Gasteiger partial charge in [0.2, 0.25) is 11.8 Å². The molecule has 13 heteroatoms. The molecule has 2 aromatic rings. The molecule has 8 nitrogen and oxygen atoms in total. The summed E-state index contributed by atoms with van der Waals surface area (Å²) in [7, 11) is 0. The molecule has 2 aliphatic rings. The average Bonchev–Trinajstić information content (AvgIpc) is 3.21. The Hall–Kier alpha value is -2.44. The van der Waals surface area contributed by atoms with E-state index in [1.165, 1.54) is 12.1 Å². The van der Waals surface area contributed by atoms with Gasteiger partial charge in [-0.25, -0.2) is 4.39 Å². The fraction of sp³-hybridized carbons (Fsp3) is 0.550. The van der Waals surface area contributed by atoms with Gasteiger partial charge >= 0.3 is 6.36 Å². The monoisotopic (exact) mass is 493 g/mol. The fourth-order valence-corrected chi connectivity index (χ4v) is 3.76. The number of aromatic nitrogens is 2. The third-order valence-electron chi connectivity index (χ3n) is 5.38. The van der Waals surface area contributed by atoms with Crippen LogP contribution in [0.15, 0.2) is 22.6 Å². The zero-order valence-corrected chi connectivity index (χ0v) is 17.9. The van der Waals surface area contributed by atoms with Crippen molar-refractivity contribution >= 4 is 17.5 Å². The Kier molecular flexibility index (Phi) is 7.05. The van der Waals surface area contributed by atoms with Crippen LogP contribution < -0.4 is 10.1 Å². The second-order valence-electron chi connectivity index (χ2n) is 7.86. The van der Waals surface area contributed by atoms with Crippen LogP contribution >= 0.6 is 11.6 Å². The minimum atomic E-state index is -4.66. The van der Waals surface area contributed by atoms with Gasteiger partial charge in [-0.05, 0) is 37.8 Å². The predicted octanol–water partition coefficient (Wildman–Crippen LogP) is 4.06. The highest BCUT2D eigenvalue weighted by molar-refractivity contribution is 6.30. The summed E-state index contributed by atoms with van der Waals surface area (Å²) in [6.45, 7) is -0.0942. The highest BCUT2D eigenvalue weighted by Crippen LogP contribution is 2.41. The Balaban J connectivity index is 1.18. The molecule has 1 aromatic carbocycles. The van der Waals surface area contributed by atoms with E-state index in [0.717, 1.165) is 6.07 Å². The molecule has 0 radical (unpaired) electrons. The maximum absolute atomic E-state index is 13.4. The van der Waals surface area contributed by atoms with Crippen LogP contribution in [0.5, 0.6) is 5.75 Å². The van der Waals surface area contributed by atoms with E-state index in [9.17, 15) is 22.4 Å². The normalized spacial score (nSPS) is 25.4. The summed E-state index contributed by atoms with van der Waals surface area (Å²) in [5.74, 6) is -0.606. The molecule has 4 rings (SSSR count). The first-order valence-electron chi connectivity index (χ1n) is 10.2. The molecule has 1 aliphatic heterocycles. The van der Waals surface area contributed by atoms with E-state index in [4.69, 9.17) is 25.5 Å². The van der Waals surface area contributed by atoms with Crippen LogP contribution in [0.4, 0.5) is 17.6 Å². The number of nitrogens with zero attached hydrogens (tertiary/aromatic N) is 2. The van der Waals surface area contributed by atoms with Crippen LogP contribution in [0.3, 0.4) is 0 Å². The van der Waals surface area contributed by atoms with E-state index in [-0.39, 0.29) is 60.6 Å². The van der Waals surface area contributed by atoms with E-state index in [0.29, 0.717) is 12.8 Å². The van der Waals surface area contributed by atoms with Gasteiger partial charge in [0.05, 0.1) is 23.8 Å². The van der Waals surface area contributed by atoms with Crippen LogP contribution in [-0.4, -0.2) is 47.8 Å². The maximum Gasteiger partial charge on any atom is 0.522 e. The number of alkyl halides is 3. The Labute approximate surface area is 190 Å². The Morgan fingerprint density at radius 2 is 1.97 bits per heavy atom. The van der Waals surface area contributed by atoms with Gasteiger partial charge in [0.25, 0.3) is 5.91 Å². The number of halogens is 5. The fourth-order valence-electron chi connectivity index (χ4n) is 3.64. The first-order valence-corrected chi connectivity index (χ1v) is 10.6. The topological polar surface area (TPSA) is 95.7 Å². The van der Waals surface area contributed by atoms with Crippen LogP contribution in [0.2, 0.25) is 5.02 Å². The molecule has 1 aromatic heterocycles. The zero-order chi connectivity index (χ0) is 23.6. The number of carbonyl (C=O) groups excluding carboxylic acids is 1. The molecule has 2 atom stereocenters. The second-order valence-corrected chi connectivity index (χ2v) is 8.27. The van der Waals surface area contributed by atoms with E-state index in [1.807, 2.05) is 0 Å². The van der Waals surface area contributed by atoms with Gasteiger partial charge in [0, 0.05) is 12.0 Å². The molecular formula is C20H20ClF4N3O5. The van der Waals surface area contributed by atoms with Crippen LogP contribution in [0.1, 0.15) is 49.5 Å². The molecule has 0 bridgehead atoms. The van der Waals surface area contributed by atoms with E-state index >= 15 is 0 Å². The lowest BCUT2D eigenvalue weighted by atomic mass is 9.82. The van der Waals surface area contributed by atoms with Crippen molar-refractivity contribution in [2.24, 2.45) is 0 Å². The van der Waals surface area contributed by atoms with E-state index < -0.39 is 30.3 Å². The summed E-state index contributed by atoms with van der Waals surface area (Å²) in [6, 6.07) is 3.63. The molecule has 2 heterocycles. The molecule has 1 saturated carbocycles. The Bertz CT molecular complexity index is 975. The van der Waals surface area contributed by atoms with Gasteiger partial charge in [0.1, 0.15) is 17.7 Å². The number of nitrogens with one attached hydrogen (secondary N) is 1. The van der Waals surface area contributed by atoms with Crippen molar-refractivity contribution in [3.63, 3.8) is 0 Å². The standard InChI is InChI=1S/C20H20ClF4N3O5/c21-14-3-2-12(7-15(14)22)30-9-17(29)26-11-1-4-16(31-8-11)19-28-27-18(32-19)10-5-13(6-10)33-20(23,24)25/h2-3,7,10-11,13,16H,1,4-6,8-9H2,(H,26,29)/t10?,11-,13?,16+/m1/s1. The van der Waals surface area contributed by atoms with Crippen molar-refractivity contribution < 1.29 is 41.0 Å². The van der Waals surface area contributed by atoms with Crippen LogP contribution in [-0.2, 0) is 14.3 Å². The van der Waals surface area contributed by atoms with Crippen LogP contribution in [0, 0.1) is 5.82 Å². The number of hydrogen-bond acceptors (Lipinski definition) is 7. The molecule has 2 fully saturated rings. The van der Waals surface area contributed by atoms with E-state index in [1.54, 1.807) is 0 Å². The van der Waals surface area contributed by atoms with Crippen LogP contribution in [0.25, 0.3) is 0 Å². The van der Waals surface area contributed by atoms with Gasteiger partial charge < -0.3 is 19.2 Å². The molecule has 1 aliphatic carbocycles. The summed E-state index contributed by atoms with van der Waals surface area (Å²) in [6.07, 6.45) is -4.62. The smallest absolute Gasteiger partial charge is 0.484 e. The first kappa shape index (κ1) is 23.7. The lowest BCUT2D eigenvalue weighted by molar-refractivity contribution is -0.352. The maximum atomic E-state index is 13.4. The van der Waals surface area contributed by atoms with Crippen molar-refractivity contribution in [2.75, 3.05) is 13.2 Å². The average molecular weight is 494 g/mol. The number of carbonyl (C=O) groups is 1. The Morgan fingerprint density at radius 1 is 1.21 bits per heavy atom. The quantitative estimate of drug-likeness (QED) is 0.581. The van der Waals surface area contributed by atoms with Gasteiger partial charge in [-0.3, -0.25) is 9.53 Å². The van der Waals surface area contributed by atoms with Gasteiger partial charge in [-0.1, -0.05) is 11.6 Å². The lowest BCUT2D eigenvalue weighted by Crippen LogP contribution is -2.43. The predicted molar refractivity (Wildman–Crippen MR) is 104 cm³/mol. The largest absolute Gasteiger partial charge is 0.522 e. The van der Waals surface area contributed by atoms with Crippen molar-refractivity contribution in [2.45, 2.75) is 56.2 Å². The number of ether oxygens (including phenoxy) is 3. The summed E-state index contributed by atoms with van der Waals surface area (Å²) in [5.41, 5.74) is 0.